The minimum Gasteiger partial charge on any atom is -0.212 e. The SMILES string of the molecule is CCCN([C@H](C)C(C)(C)C)S(C)(=O)=O. The summed E-state index contributed by atoms with van der Waals surface area (Å²) in [5, 5.41) is 0. The van der Waals surface area contributed by atoms with Gasteiger partial charge in [0.1, 0.15) is 0 Å². The van der Waals surface area contributed by atoms with Crippen LogP contribution < -0.4 is 0 Å². The molecule has 0 spiro atoms. The molecule has 4 heteroatoms. The summed E-state index contributed by atoms with van der Waals surface area (Å²) in [4.78, 5) is 0. The van der Waals surface area contributed by atoms with Crippen LogP contribution in [0.25, 0.3) is 0 Å². The lowest BCUT2D eigenvalue weighted by Crippen LogP contribution is -2.45. The van der Waals surface area contributed by atoms with Crippen molar-refractivity contribution in [2.75, 3.05) is 12.8 Å². The summed E-state index contributed by atoms with van der Waals surface area (Å²) in [6, 6.07) is 0.0393. The van der Waals surface area contributed by atoms with E-state index in [2.05, 4.69) is 20.8 Å². The zero-order chi connectivity index (χ0) is 11.6. The number of rotatable bonds is 4. The number of nitrogens with zero attached hydrogens (tertiary/aromatic N) is 1. The van der Waals surface area contributed by atoms with Crippen LogP contribution in [0.3, 0.4) is 0 Å². The van der Waals surface area contributed by atoms with Crippen LogP contribution in [0, 0.1) is 5.41 Å². The van der Waals surface area contributed by atoms with Gasteiger partial charge in [-0.3, -0.25) is 0 Å². The lowest BCUT2D eigenvalue weighted by Gasteiger charge is -2.36. The summed E-state index contributed by atoms with van der Waals surface area (Å²) in [6.45, 7) is 10.8. The highest BCUT2D eigenvalue weighted by Gasteiger charge is 2.30. The third kappa shape index (κ3) is 3.96. The predicted molar refractivity (Wildman–Crippen MR) is 60.8 cm³/mol. The summed E-state index contributed by atoms with van der Waals surface area (Å²) in [7, 11) is -3.08. The highest BCUT2D eigenvalue weighted by molar-refractivity contribution is 7.88. The van der Waals surface area contributed by atoms with Crippen LogP contribution in [0.4, 0.5) is 0 Å². The second-order valence-electron chi connectivity index (χ2n) is 4.92. The Morgan fingerprint density at radius 2 is 1.71 bits per heavy atom. The second-order valence-corrected chi connectivity index (χ2v) is 6.85. The fourth-order valence-electron chi connectivity index (χ4n) is 1.30. The molecule has 0 aliphatic heterocycles. The molecule has 1 atom stereocenters. The van der Waals surface area contributed by atoms with Crippen molar-refractivity contribution >= 4 is 10.0 Å². The second kappa shape index (κ2) is 4.62. The molecule has 14 heavy (non-hydrogen) atoms. The summed E-state index contributed by atoms with van der Waals surface area (Å²) in [5.74, 6) is 0. The molecule has 0 fully saturated rings. The smallest absolute Gasteiger partial charge is 0.211 e. The number of hydrogen-bond donors (Lipinski definition) is 0. The lowest BCUT2D eigenvalue weighted by molar-refractivity contribution is 0.193. The standard InChI is InChI=1S/C10H23NO2S/c1-7-8-11(14(6,12)13)9(2)10(3,4)5/h9H,7-8H2,1-6H3/t9-/m1/s1. The van der Waals surface area contributed by atoms with Crippen LogP contribution in [-0.2, 0) is 10.0 Å². The fraction of sp³-hybridized carbons (Fsp3) is 1.00. The highest BCUT2D eigenvalue weighted by Crippen LogP contribution is 2.25. The van der Waals surface area contributed by atoms with Crippen molar-refractivity contribution in [1.82, 2.24) is 4.31 Å². The molecule has 0 radical (unpaired) electrons. The fourth-order valence-corrected chi connectivity index (χ4v) is 2.70. The first-order valence-electron chi connectivity index (χ1n) is 5.07. The molecule has 0 bridgehead atoms. The Bertz CT molecular complexity index is 264. The normalized spacial score (nSPS) is 15.9. The molecule has 0 saturated heterocycles. The molecule has 0 unspecified atom stereocenters. The molecule has 0 saturated carbocycles. The van der Waals surface area contributed by atoms with Gasteiger partial charge in [0, 0.05) is 12.6 Å². The average Bonchev–Trinajstić information content (AvgIpc) is 1.94. The molecule has 0 N–H and O–H groups in total. The van der Waals surface area contributed by atoms with E-state index < -0.39 is 10.0 Å². The van der Waals surface area contributed by atoms with Crippen molar-refractivity contribution in [3.05, 3.63) is 0 Å². The van der Waals surface area contributed by atoms with Gasteiger partial charge >= 0.3 is 0 Å². The minimum atomic E-state index is -3.08. The van der Waals surface area contributed by atoms with Crippen molar-refractivity contribution in [3.8, 4) is 0 Å². The van der Waals surface area contributed by atoms with E-state index in [1.165, 1.54) is 6.26 Å². The molecule has 0 aromatic rings. The zero-order valence-electron chi connectivity index (χ0n) is 10.2. The Morgan fingerprint density at radius 1 is 1.29 bits per heavy atom. The van der Waals surface area contributed by atoms with Crippen molar-refractivity contribution < 1.29 is 8.42 Å². The minimum absolute atomic E-state index is 0.0156. The van der Waals surface area contributed by atoms with E-state index in [1.807, 2.05) is 13.8 Å². The number of hydrogen-bond acceptors (Lipinski definition) is 2. The molecular weight excluding hydrogens is 198 g/mol. The van der Waals surface area contributed by atoms with Gasteiger partial charge in [0.25, 0.3) is 0 Å². The quantitative estimate of drug-likeness (QED) is 0.729. The molecule has 0 aromatic carbocycles. The van der Waals surface area contributed by atoms with Crippen molar-refractivity contribution in [1.29, 1.82) is 0 Å². The Morgan fingerprint density at radius 3 is 1.93 bits per heavy atom. The lowest BCUT2D eigenvalue weighted by atomic mass is 9.88. The Hall–Kier alpha value is -0.0900. The van der Waals surface area contributed by atoms with Gasteiger partial charge in [0.15, 0.2) is 0 Å². The topological polar surface area (TPSA) is 37.4 Å². The zero-order valence-corrected chi connectivity index (χ0v) is 11.0. The largest absolute Gasteiger partial charge is 0.212 e. The summed E-state index contributed by atoms with van der Waals surface area (Å²) in [5.41, 5.74) is -0.0156. The molecule has 0 aliphatic rings. The third-order valence-electron chi connectivity index (χ3n) is 2.56. The van der Waals surface area contributed by atoms with E-state index in [0.717, 1.165) is 6.42 Å². The Balaban J connectivity index is 4.86. The molecule has 0 aromatic heterocycles. The first-order chi connectivity index (χ1) is 6.10. The molecule has 3 nitrogen and oxygen atoms in total. The molecule has 0 amide bonds. The molecular formula is C10H23NO2S. The van der Waals surface area contributed by atoms with Crippen LogP contribution in [0.15, 0.2) is 0 Å². The van der Waals surface area contributed by atoms with Crippen LogP contribution in [0.5, 0.6) is 0 Å². The number of sulfonamides is 1. The van der Waals surface area contributed by atoms with E-state index in [4.69, 9.17) is 0 Å². The van der Waals surface area contributed by atoms with Crippen LogP contribution >= 0.6 is 0 Å². The monoisotopic (exact) mass is 221 g/mol. The van der Waals surface area contributed by atoms with E-state index in [0.29, 0.717) is 6.54 Å². The van der Waals surface area contributed by atoms with Crippen molar-refractivity contribution in [3.63, 3.8) is 0 Å². The Kier molecular flexibility index (Phi) is 4.59. The molecule has 0 heterocycles. The van der Waals surface area contributed by atoms with E-state index in [-0.39, 0.29) is 11.5 Å². The Labute approximate surface area is 88.5 Å². The molecule has 0 aliphatic carbocycles. The maximum atomic E-state index is 11.5. The van der Waals surface area contributed by atoms with Gasteiger partial charge in [-0.25, -0.2) is 8.42 Å². The molecule has 86 valence electrons. The van der Waals surface area contributed by atoms with Crippen LogP contribution in [-0.4, -0.2) is 31.6 Å². The van der Waals surface area contributed by atoms with E-state index >= 15 is 0 Å². The summed E-state index contributed by atoms with van der Waals surface area (Å²) >= 11 is 0. The van der Waals surface area contributed by atoms with Crippen LogP contribution in [0.2, 0.25) is 0 Å². The van der Waals surface area contributed by atoms with Gasteiger partial charge < -0.3 is 0 Å². The average molecular weight is 221 g/mol. The van der Waals surface area contributed by atoms with Crippen LogP contribution in [0.1, 0.15) is 41.0 Å². The van der Waals surface area contributed by atoms with Gasteiger partial charge in [0.2, 0.25) is 10.0 Å². The summed E-state index contributed by atoms with van der Waals surface area (Å²) < 4.78 is 24.7. The van der Waals surface area contributed by atoms with Gasteiger partial charge in [-0.1, -0.05) is 27.7 Å². The van der Waals surface area contributed by atoms with E-state index in [1.54, 1.807) is 4.31 Å². The van der Waals surface area contributed by atoms with Gasteiger partial charge in [0.05, 0.1) is 6.26 Å². The highest BCUT2D eigenvalue weighted by atomic mass is 32.2. The maximum absolute atomic E-state index is 11.5. The van der Waals surface area contributed by atoms with Gasteiger partial charge in [-0.05, 0) is 18.8 Å². The third-order valence-corrected chi connectivity index (χ3v) is 3.91. The predicted octanol–water partition coefficient (Wildman–Crippen LogP) is 2.09. The summed E-state index contributed by atoms with van der Waals surface area (Å²) in [6.07, 6.45) is 2.14. The maximum Gasteiger partial charge on any atom is 0.211 e. The first kappa shape index (κ1) is 13.9. The first-order valence-corrected chi connectivity index (χ1v) is 6.92. The molecule has 0 rings (SSSR count). The van der Waals surface area contributed by atoms with Gasteiger partial charge in [-0.2, -0.15) is 4.31 Å². The van der Waals surface area contributed by atoms with E-state index in [9.17, 15) is 8.42 Å². The van der Waals surface area contributed by atoms with Crippen molar-refractivity contribution in [2.24, 2.45) is 5.41 Å². The van der Waals surface area contributed by atoms with Crippen molar-refractivity contribution in [2.45, 2.75) is 47.1 Å². The van der Waals surface area contributed by atoms with Gasteiger partial charge in [-0.15, -0.1) is 0 Å².